The number of Topliss-reactive ketones (excluding diaryl/α,β-unsaturated/α-hetero) is 1. The molecule has 20 heavy (non-hydrogen) atoms. The summed E-state index contributed by atoms with van der Waals surface area (Å²) in [6.07, 6.45) is 1.13. The largest absolute Gasteiger partial charge is 0.497 e. The lowest BCUT2D eigenvalue weighted by atomic mass is 9.78. The predicted octanol–water partition coefficient (Wildman–Crippen LogP) is 3.65. The standard InChI is InChI=1S/C18H18O2/c1-12-4-3-5-13(8-12)17-10-15(19)9-14-6-7-16(20-2)11-18(14)17/h3-8,11,17H,9-10H2,1-2H3. The van der Waals surface area contributed by atoms with Crippen molar-refractivity contribution in [3.63, 3.8) is 0 Å². The van der Waals surface area contributed by atoms with Crippen molar-refractivity contribution in [1.82, 2.24) is 0 Å². The number of carbonyl (C=O) groups excluding carboxylic acids is 1. The van der Waals surface area contributed by atoms with Crippen LogP contribution >= 0.6 is 0 Å². The number of aryl methyl sites for hydroxylation is 1. The molecule has 0 saturated carbocycles. The maximum Gasteiger partial charge on any atom is 0.138 e. The number of methoxy groups -OCH3 is 1. The lowest BCUT2D eigenvalue weighted by Gasteiger charge is -2.26. The molecule has 1 aliphatic carbocycles. The van der Waals surface area contributed by atoms with E-state index in [0.717, 1.165) is 11.3 Å². The van der Waals surface area contributed by atoms with Crippen molar-refractivity contribution in [3.8, 4) is 5.75 Å². The highest BCUT2D eigenvalue weighted by Crippen LogP contribution is 2.37. The lowest BCUT2D eigenvalue weighted by Crippen LogP contribution is -2.19. The van der Waals surface area contributed by atoms with E-state index in [1.165, 1.54) is 16.7 Å². The van der Waals surface area contributed by atoms with E-state index >= 15 is 0 Å². The highest BCUT2D eigenvalue weighted by Gasteiger charge is 2.27. The van der Waals surface area contributed by atoms with Crippen molar-refractivity contribution >= 4 is 5.78 Å². The molecular formula is C18H18O2. The van der Waals surface area contributed by atoms with Gasteiger partial charge in [0.2, 0.25) is 0 Å². The molecule has 0 aromatic heterocycles. The number of carbonyl (C=O) groups is 1. The highest BCUT2D eigenvalue weighted by molar-refractivity contribution is 5.85. The van der Waals surface area contributed by atoms with Crippen molar-refractivity contribution < 1.29 is 9.53 Å². The third-order valence-electron chi connectivity index (χ3n) is 3.99. The molecule has 0 heterocycles. The number of hydrogen-bond donors (Lipinski definition) is 0. The molecule has 2 aromatic rings. The highest BCUT2D eigenvalue weighted by atomic mass is 16.5. The topological polar surface area (TPSA) is 26.3 Å². The van der Waals surface area contributed by atoms with Gasteiger partial charge in [-0.25, -0.2) is 0 Å². The van der Waals surface area contributed by atoms with Gasteiger partial charge in [-0.15, -0.1) is 0 Å². The van der Waals surface area contributed by atoms with Crippen LogP contribution in [0.25, 0.3) is 0 Å². The number of benzene rings is 2. The van der Waals surface area contributed by atoms with E-state index < -0.39 is 0 Å². The molecule has 0 aliphatic heterocycles. The fourth-order valence-electron chi connectivity index (χ4n) is 2.99. The third-order valence-corrected chi connectivity index (χ3v) is 3.99. The summed E-state index contributed by atoms with van der Waals surface area (Å²) < 4.78 is 5.33. The van der Waals surface area contributed by atoms with Crippen LogP contribution in [-0.4, -0.2) is 12.9 Å². The molecule has 0 bridgehead atoms. The van der Waals surface area contributed by atoms with Gasteiger partial charge in [-0.3, -0.25) is 4.79 Å². The number of rotatable bonds is 2. The van der Waals surface area contributed by atoms with Crippen LogP contribution in [-0.2, 0) is 11.2 Å². The summed E-state index contributed by atoms with van der Waals surface area (Å²) in [7, 11) is 1.68. The number of ketones is 1. The smallest absolute Gasteiger partial charge is 0.138 e. The van der Waals surface area contributed by atoms with Crippen LogP contribution in [0.3, 0.4) is 0 Å². The minimum atomic E-state index is 0.154. The molecule has 1 atom stereocenters. The minimum absolute atomic E-state index is 0.154. The Hall–Kier alpha value is -2.09. The third kappa shape index (κ3) is 2.34. The molecule has 0 amide bonds. The predicted molar refractivity (Wildman–Crippen MR) is 79.3 cm³/mol. The molecule has 3 rings (SSSR count). The number of fused-ring (bicyclic) bond motifs is 1. The van der Waals surface area contributed by atoms with Gasteiger partial charge in [0.1, 0.15) is 11.5 Å². The van der Waals surface area contributed by atoms with Crippen LogP contribution in [0.4, 0.5) is 0 Å². The molecule has 2 aromatic carbocycles. The summed E-state index contributed by atoms with van der Waals surface area (Å²) in [5.74, 6) is 1.33. The maximum atomic E-state index is 12.0. The quantitative estimate of drug-likeness (QED) is 0.829. The fourth-order valence-corrected chi connectivity index (χ4v) is 2.99. The van der Waals surface area contributed by atoms with E-state index in [2.05, 4.69) is 37.3 Å². The summed E-state index contributed by atoms with van der Waals surface area (Å²) in [4.78, 5) is 12.0. The molecule has 2 heteroatoms. The minimum Gasteiger partial charge on any atom is -0.497 e. The van der Waals surface area contributed by atoms with E-state index in [4.69, 9.17) is 4.74 Å². The normalized spacial score (nSPS) is 17.7. The molecule has 0 radical (unpaired) electrons. The van der Waals surface area contributed by atoms with Gasteiger partial charge < -0.3 is 4.74 Å². The van der Waals surface area contributed by atoms with Gasteiger partial charge in [0.25, 0.3) is 0 Å². The van der Waals surface area contributed by atoms with Crippen molar-refractivity contribution in [2.24, 2.45) is 0 Å². The van der Waals surface area contributed by atoms with Crippen LogP contribution in [0, 0.1) is 6.92 Å². The van der Waals surface area contributed by atoms with Crippen LogP contribution in [0.5, 0.6) is 5.75 Å². The molecule has 2 nitrogen and oxygen atoms in total. The van der Waals surface area contributed by atoms with Gasteiger partial charge in [-0.05, 0) is 35.7 Å². The van der Waals surface area contributed by atoms with Gasteiger partial charge >= 0.3 is 0 Å². The molecule has 1 unspecified atom stereocenters. The van der Waals surface area contributed by atoms with Gasteiger partial charge in [-0.2, -0.15) is 0 Å². The van der Waals surface area contributed by atoms with Gasteiger partial charge in [0, 0.05) is 18.8 Å². The Bertz CT molecular complexity index is 658. The van der Waals surface area contributed by atoms with Crippen molar-refractivity contribution in [3.05, 3.63) is 64.7 Å². The van der Waals surface area contributed by atoms with Crippen LogP contribution in [0.1, 0.15) is 34.6 Å². The number of hydrogen-bond acceptors (Lipinski definition) is 2. The molecule has 0 spiro atoms. The second kappa shape index (κ2) is 5.12. The average Bonchev–Trinajstić information content (AvgIpc) is 2.46. The van der Waals surface area contributed by atoms with Crippen LogP contribution in [0.2, 0.25) is 0 Å². The van der Waals surface area contributed by atoms with E-state index in [1.807, 2.05) is 12.1 Å². The van der Waals surface area contributed by atoms with E-state index in [1.54, 1.807) is 7.11 Å². The van der Waals surface area contributed by atoms with Gasteiger partial charge in [0.15, 0.2) is 0 Å². The van der Waals surface area contributed by atoms with E-state index in [0.29, 0.717) is 18.6 Å². The first kappa shape index (κ1) is 12.9. The summed E-state index contributed by atoms with van der Waals surface area (Å²) >= 11 is 0. The number of ether oxygens (including phenoxy) is 1. The molecular weight excluding hydrogens is 248 g/mol. The molecule has 0 N–H and O–H groups in total. The molecule has 102 valence electrons. The Morgan fingerprint density at radius 3 is 2.75 bits per heavy atom. The Labute approximate surface area is 119 Å². The molecule has 0 fully saturated rings. The first-order chi connectivity index (χ1) is 9.67. The first-order valence-corrected chi connectivity index (χ1v) is 6.92. The monoisotopic (exact) mass is 266 g/mol. The second-order valence-corrected chi connectivity index (χ2v) is 5.45. The summed E-state index contributed by atoms with van der Waals surface area (Å²) in [6.45, 7) is 2.08. The Balaban J connectivity index is 2.11. The van der Waals surface area contributed by atoms with Gasteiger partial charge in [0.05, 0.1) is 7.11 Å². The molecule has 0 saturated heterocycles. The average molecular weight is 266 g/mol. The zero-order valence-electron chi connectivity index (χ0n) is 11.8. The fraction of sp³-hybridized carbons (Fsp3) is 0.278. The van der Waals surface area contributed by atoms with Gasteiger partial charge in [-0.1, -0.05) is 35.9 Å². The van der Waals surface area contributed by atoms with Crippen molar-refractivity contribution in [2.45, 2.75) is 25.7 Å². The van der Waals surface area contributed by atoms with E-state index in [9.17, 15) is 4.79 Å². The maximum absolute atomic E-state index is 12.0. The van der Waals surface area contributed by atoms with Crippen LogP contribution in [0.15, 0.2) is 42.5 Å². The summed E-state index contributed by atoms with van der Waals surface area (Å²) in [5.41, 5.74) is 4.81. The summed E-state index contributed by atoms with van der Waals surface area (Å²) in [5, 5.41) is 0. The van der Waals surface area contributed by atoms with Crippen molar-refractivity contribution in [1.29, 1.82) is 0 Å². The Kier molecular flexibility index (Phi) is 3.31. The lowest BCUT2D eigenvalue weighted by molar-refractivity contribution is -0.119. The Morgan fingerprint density at radius 2 is 2.00 bits per heavy atom. The summed E-state index contributed by atoms with van der Waals surface area (Å²) in [6, 6.07) is 14.5. The van der Waals surface area contributed by atoms with Crippen LogP contribution < -0.4 is 4.74 Å². The molecule has 1 aliphatic rings. The SMILES string of the molecule is COc1ccc2c(c1)C(c1cccc(C)c1)CC(=O)C2. The first-order valence-electron chi connectivity index (χ1n) is 6.92. The zero-order valence-corrected chi connectivity index (χ0v) is 11.8. The Morgan fingerprint density at radius 1 is 1.15 bits per heavy atom. The van der Waals surface area contributed by atoms with Crippen molar-refractivity contribution in [2.75, 3.05) is 7.11 Å². The zero-order chi connectivity index (χ0) is 14.1. The second-order valence-electron chi connectivity index (χ2n) is 5.45. The van der Waals surface area contributed by atoms with E-state index in [-0.39, 0.29) is 5.92 Å².